The van der Waals surface area contributed by atoms with Crippen LogP contribution in [-0.4, -0.2) is 22.5 Å². The van der Waals surface area contributed by atoms with Crippen molar-refractivity contribution in [2.24, 2.45) is 0 Å². The van der Waals surface area contributed by atoms with E-state index in [0.717, 1.165) is 0 Å². The summed E-state index contributed by atoms with van der Waals surface area (Å²) in [7, 11) is 0. The van der Waals surface area contributed by atoms with Crippen LogP contribution in [0.15, 0.2) is 37.1 Å². The quantitative estimate of drug-likeness (QED) is 0.600. The molecular formula is C8H10N4O. The summed E-state index contributed by atoms with van der Waals surface area (Å²) in [6.07, 6.45) is 8.33. The second-order valence-electron chi connectivity index (χ2n) is 2.16. The Hall–Kier alpha value is -1.91. The van der Waals surface area contributed by atoms with Gasteiger partial charge in [-0.15, -0.1) is 0 Å². The first-order chi connectivity index (χ1) is 6.39. The lowest BCUT2D eigenvalue weighted by molar-refractivity contribution is 0.244. The molecule has 13 heavy (non-hydrogen) atoms. The predicted molar refractivity (Wildman–Crippen MR) is 47.7 cm³/mol. The van der Waals surface area contributed by atoms with E-state index in [1.807, 2.05) is 6.08 Å². The van der Waals surface area contributed by atoms with Gasteiger partial charge in [0, 0.05) is 25.1 Å². The molecule has 5 nitrogen and oxygen atoms in total. The summed E-state index contributed by atoms with van der Waals surface area (Å²) < 4.78 is 0. The molecule has 2 N–H and O–H groups in total. The lowest BCUT2D eigenvalue weighted by Crippen LogP contribution is -2.35. The number of rotatable bonds is 0. The van der Waals surface area contributed by atoms with Crippen LogP contribution in [0.2, 0.25) is 0 Å². The molecule has 1 aromatic rings. The number of hydrogen-bond donors (Lipinski definition) is 2. The van der Waals surface area contributed by atoms with Gasteiger partial charge in [0.25, 0.3) is 0 Å². The minimum Gasteiger partial charge on any atom is -0.334 e. The van der Waals surface area contributed by atoms with Gasteiger partial charge in [-0.05, 0) is 12.1 Å². The molecular weight excluding hydrogens is 168 g/mol. The molecule has 0 atom stereocenters. The highest BCUT2D eigenvalue weighted by atomic mass is 16.2. The normalized spacial score (nSPS) is 13.4. The third-order valence-corrected chi connectivity index (χ3v) is 1.19. The molecule has 68 valence electrons. The summed E-state index contributed by atoms with van der Waals surface area (Å²) in [5.74, 6) is 0. The topological polar surface area (TPSA) is 66.9 Å². The molecule has 2 heterocycles. The van der Waals surface area contributed by atoms with E-state index in [4.69, 9.17) is 0 Å². The fourth-order valence-electron chi connectivity index (χ4n) is 0.650. The van der Waals surface area contributed by atoms with Gasteiger partial charge < -0.3 is 10.6 Å². The zero-order chi connectivity index (χ0) is 9.36. The summed E-state index contributed by atoms with van der Waals surface area (Å²) in [5.41, 5.74) is 0. The van der Waals surface area contributed by atoms with Gasteiger partial charge in [-0.1, -0.05) is 0 Å². The number of carbonyl (C=O) groups is 1. The van der Waals surface area contributed by atoms with E-state index in [0.29, 0.717) is 6.54 Å². The Morgan fingerprint density at radius 3 is 2.31 bits per heavy atom. The summed E-state index contributed by atoms with van der Waals surface area (Å²) in [6.45, 7) is 0.645. The van der Waals surface area contributed by atoms with Crippen LogP contribution < -0.4 is 10.6 Å². The highest BCUT2D eigenvalue weighted by molar-refractivity contribution is 5.75. The van der Waals surface area contributed by atoms with Crippen molar-refractivity contribution in [3.05, 3.63) is 37.1 Å². The molecule has 0 aliphatic carbocycles. The second-order valence-corrected chi connectivity index (χ2v) is 2.16. The van der Waals surface area contributed by atoms with Crippen molar-refractivity contribution >= 4 is 6.03 Å². The van der Waals surface area contributed by atoms with E-state index < -0.39 is 0 Å². The van der Waals surface area contributed by atoms with Gasteiger partial charge in [0.05, 0.1) is 0 Å². The smallest absolute Gasteiger partial charge is 0.319 e. The molecule has 0 aromatic carbocycles. The molecule has 2 amide bonds. The molecule has 0 unspecified atom stereocenters. The van der Waals surface area contributed by atoms with Crippen LogP contribution in [0.5, 0.6) is 0 Å². The Bertz CT molecular complexity index is 246. The van der Waals surface area contributed by atoms with Crippen molar-refractivity contribution in [3.8, 4) is 0 Å². The number of aromatic nitrogens is 2. The lowest BCUT2D eigenvalue weighted by atomic mass is 10.5. The van der Waals surface area contributed by atoms with E-state index in [9.17, 15) is 4.79 Å². The molecule has 0 saturated heterocycles. The van der Waals surface area contributed by atoms with Crippen molar-refractivity contribution in [2.75, 3.05) is 6.54 Å². The number of carbonyl (C=O) groups excluding carboxylic acids is 1. The fraction of sp³-hybridized carbons (Fsp3) is 0.125. The number of hydrogen-bond acceptors (Lipinski definition) is 3. The van der Waals surface area contributed by atoms with Crippen molar-refractivity contribution in [3.63, 3.8) is 0 Å². The highest BCUT2D eigenvalue weighted by Crippen LogP contribution is 1.74. The molecule has 0 fully saturated rings. The molecule has 0 bridgehead atoms. The van der Waals surface area contributed by atoms with Crippen molar-refractivity contribution in [1.29, 1.82) is 0 Å². The van der Waals surface area contributed by atoms with Crippen LogP contribution in [0.3, 0.4) is 0 Å². The summed E-state index contributed by atoms with van der Waals surface area (Å²) >= 11 is 0. The number of urea groups is 1. The van der Waals surface area contributed by atoms with Crippen LogP contribution in [0.1, 0.15) is 0 Å². The predicted octanol–water partition coefficient (Wildman–Crippen LogP) is 0.289. The van der Waals surface area contributed by atoms with Gasteiger partial charge in [0.2, 0.25) is 0 Å². The highest BCUT2D eigenvalue weighted by Gasteiger charge is 1.95. The largest absolute Gasteiger partial charge is 0.334 e. The van der Waals surface area contributed by atoms with E-state index in [1.165, 1.54) is 6.33 Å². The SMILES string of the molecule is O=C1NC=CCN1.c1cncnc1. The Morgan fingerprint density at radius 1 is 1.31 bits per heavy atom. The number of nitrogens with one attached hydrogen (secondary N) is 2. The number of amides is 2. The van der Waals surface area contributed by atoms with Crippen molar-refractivity contribution in [2.45, 2.75) is 0 Å². The third kappa shape index (κ3) is 4.52. The van der Waals surface area contributed by atoms with Crippen LogP contribution in [0, 0.1) is 0 Å². The van der Waals surface area contributed by atoms with Crippen molar-refractivity contribution in [1.82, 2.24) is 20.6 Å². The summed E-state index contributed by atoms with van der Waals surface area (Å²) in [5, 5.41) is 5.00. The Morgan fingerprint density at radius 2 is 2.08 bits per heavy atom. The number of nitrogens with zero attached hydrogens (tertiary/aromatic N) is 2. The summed E-state index contributed by atoms with van der Waals surface area (Å²) in [6, 6.07) is 1.66. The first-order valence-electron chi connectivity index (χ1n) is 3.79. The van der Waals surface area contributed by atoms with Gasteiger partial charge in [-0.25, -0.2) is 14.8 Å². The van der Waals surface area contributed by atoms with Gasteiger partial charge in [-0.2, -0.15) is 0 Å². The van der Waals surface area contributed by atoms with Gasteiger partial charge >= 0.3 is 6.03 Å². The average molecular weight is 178 g/mol. The molecule has 0 radical (unpaired) electrons. The zero-order valence-electron chi connectivity index (χ0n) is 6.97. The molecule has 0 spiro atoms. The minimum absolute atomic E-state index is 0.123. The Balaban J connectivity index is 0.000000132. The van der Waals surface area contributed by atoms with Crippen molar-refractivity contribution < 1.29 is 4.79 Å². The maximum Gasteiger partial charge on any atom is 0.319 e. The first kappa shape index (κ1) is 9.18. The van der Waals surface area contributed by atoms with E-state index in [-0.39, 0.29) is 6.03 Å². The molecule has 0 saturated carbocycles. The monoisotopic (exact) mass is 178 g/mol. The van der Waals surface area contributed by atoms with Crippen LogP contribution in [-0.2, 0) is 0 Å². The first-order valence-corrected chi connectivity index (χ1v) is 3.79. The standard InChI is InChI=1S/C4H6N2O.C4H4N2/c7-4-5-2-1-3-6-4;1-2-5-4-6-3-1/h1-2H,3H2,(H2,5,6,7);1-4H. The summed E-state index contributed by atoms with van der Waals surface area (Å²) in [4.78, 5) is 17.5. The van der Waals surface area contributed by atoms with E-state index in [1.54, 1.807) is 24.7 Å². The van der Waals surface area contributed by atoms with Gasteiger partial charge in [0.15, 0.2) is 0 Å². The molecule has 5 heteroatoms. The Labute approximate surface area is 75.9 Å². The van der Waals surface area contributed by atoms with Gasteiger partial charge in [-0.3, -0.25) is 0 Å². The fourth-order valence-corrected chi connectivity index (χ4v) is 0.650. The molecule has 1 aliphatic heterocycles. The Kier molecular flexibility index (Phi) is 4.03. The van der Waals surface area contributed by atoms with Gasteiger partial charge in [0.1, 0.15) is 6.33 Å². The van der Waals surface area contributed by atoms with Crippen LogP contribution in [0.25, 0.3) is 0 Å². The minimum atomic E-state index is -0.123. The average Bonchev–Trinajstić information content (AvgIpc) is 2.22. The van der Waals surface area contributed by atoms with E-state index >= 15 is 0 Å². The maximum absolute atomic E-state index is 10.2. The molecule has 1 aromatic heterocycles. The third-order valence-electron chi connectivity index (χ3n) is 1.19. The molecule has 2 rings (SSSR count). The van der Waals surface area contributed by atoms with Crippen LogP contribution >= 0.6 is 0 Å². The molecule has 1 aliphatic rings. The van der Waals surface area contributed by atoms with E-state index in [2.05, 4.69) is 20.6 Å². The zero-order valence-corrected chi connectivity index (χ0v) is 6.97. The van der Waals surface area contributed by atoms with Crippen LogP contribution in [0.4, 0.5) is 4.79 Å². The lowest BCUT2D eigenvalue weighted by Gasteiger charge is -2.04. The second kappa shape index (κ2) is 5.70. The maximum atomic E-state index is 10.2.